The van der Waals surface area contributed by atoms with Crippen molar-refractivity contribution < 1.29 is 14.6 Å². The van der Waals surface area contributed by atoms with Crippen molar-refractivity contribution in [2.24, 2.45) is 5.41 Å². The lowest BCUT2D eigenvalue weighted by molar-refractivity contribution is -0.164. The molecule has 0 saturated heterocycles. The molecule has 0 aromatic carbocycles. The first kappa shape index (κ1) is 13.9. The van der Waals surface area contributed by atoms with Crippen molar-refractivity contribution in [2.75, 3.05) is 20.3 Å². The maximum atomic E-state index is 10.2. The monoisotopic (exact) mass is 230 g/mol. The third kappa shape index (κ3) is 3.19. The van der Waals surface area contributed by atoms with Gasteiger partial charge in [0.15, 0.2) is 0 Å². The zero-order chi connectivity index (χ0) is 12.2. The molecule has 1 aliphatic carbocycles. The van der Waals surface area contributed by atoms with Crippen LogP contribution in [0.5, 0.6) is 0 Å². The van der Waals surface area contributed by atoms with Gasteiger partial charge in [0.25, 0.3) is 0 Å². The molecule has 0 amide bonds. The standard InChI is InChI=1S/C13H26O3/c1-5-16-13(11(14)10-15-4)8-6-12(2,3)7-9-13/h11,14H,5-10H2,1-4H3. The summed E-state index contributed by atoms with van der Waals surface area (Å²) in [6.07, 6.45) is 3.56. The van der Waals surface area contributed by atoms with Crippen LogP contribution in [0.4, 0.5) is 0 Å². The Bertz CT molecular complexity index is 203. The second-order valence-electron chi connectivity index (χ2n) is 5.63. The number of hydrogen-bond acceptors (Lipinski definition) is 3. The number of hydrogen-bond donors (Lipinski definition) is 1. The minimum absolute atomic E-state index is 0.362. The summed E-state index contributed by atoms with van der Waals surface area (Å²) >= 11 is 0. The highest BCUT2D eigenvalue weighted by Gasteiger charge is 2.44. The highest BCUT2D eigenvalue weighted by atomic mass is 16.5. The Labute approximate surface area is 99.1 Å². The SMILES string of the molecule is CCOC1(C(O)COC)CCC(C)(C)CC1. The zero-order valence-electron chi connectivity index (χ0n) is 11.1. The lowest BCUT2D eigenvalue weighted by atomic mass is 9.69. The Morgan fingerprint density at radius 3 is 2.19 bits per heavy atom. The molecular formula is C13H26O3. The van der Waals surface area contributed by atoms with E-state index in [0.29, 0.717) is 18.6 Å². The summed E-state index contributed by atoms with van der Waals surface area (Å²) < 4.78 is 10.9. The average molecular weight is 230 g/mol. The van der Waals surface area contributed by atoms with Crippen LogP contribution in [0, 0.1) is 5.41 Å². The van der Waals surface area contributed by atoms with Gasteiger partial charge in [-0.15, -0.1) is 0 Å². The number of aliphatic hydroxyl groups excluding tert-OH is 1. The smallest absolute Gasteiger partial charge is 0.106 e. The Balaban J connectivity index is 2.67. The molecule has 0 spiro atoms. The third-order valence-electron chi connectivity index (χ3n) is 3.81. The van der Waals surface area contributed by atoms with Gasteiger partial charge < -0.3 is 14.6 Å². The van der Waals surface area contributed by atoms with Crippen molar-refractivity contribution in [3.8, 4) is 0 Å². The van der Waals surface area contributed by atoms with Gasteiger partial charge in [0.2, 0.25) is 0 Å². The Kier molecular flexibility index (Phi) is 4.77. The van der Waals surface area contributed by atoms with E-state index in [0.717, 1.165) is 25.7 Å². The molecule has 1 saturated carbocycles. The maximum Gasteiger partial charge on any atom is 0.106 e. The first-order chi connectivity index (χ1) is 7.46. The van der Waals surface area contributed by atoms with Crippen LogP contribution < -0.4 is 0 Å². The summed E-state index contributed by atoms with van der Waals surface area (Å²) in [5.41, 5.74) is 0.00761. The molecule has 1 fully saturated rings. The van der Waals surface area contributed by atoms with Crippen molar-refractivity contribution in [3.63, 3.8) is 0 Å². The molecule has 1 aliphatic rings. The number of methoxy groups -OCH3 is 1. The van der Waals surface area contributed by atoms with Crippen LogP contribution in [0.15, 0.2) is 0 Å². The van der Waals surface area contributed by atoms with E-state index in [-0.39, 0.29) is 5.60 Å². The van der Waals surface area contributed by atoms with Crippen molar-refractivity contribution >= 4 is 0 Å². The summed E-state index contributed by atoms with van der Waals surface area (Å²) in [7, 11) is 1.62. The van der Waals surface area contributed by atoms with Crippen molar-refractivity contribution in [1.82, 2.24) is 0 Å². The number of ether oxygens (including phenoxy) is 2. The molecule has 0 aliphatic heterocycles. The minimum Gasteiger partial charge on any atom is -0.388 e. The molecule has 16 heavy (non-hydrogen) atoms. The van der Waals surface area contributed by atoms with E-state index < -0.39 is 6.10 Å². The van der Waals surface area contributed by atoms with Crippen LogP contribution in [0.1, 0.15) is 46.5 Å². The third-order valence-corrected chi connectivity index (χ3v) is 3.81. The van der Waals surface area contributed by atoms with Crippen LogP contribution in [0.25, 0.3) is 0 Å². The van der Waals surface area contributed by atoms with Gasteiger partial charge >= 0.3 is 0 Å². The molecule has 0 aromatic rings. The van der Waals surface area contributed by atoms with Gasteiger partial charge in [-0.2, -0.15) is 0 Å². The topological polar surface area (TPSA) is 38.7 Å². The Morgan fingerprint density at radius 1 is 1.19 bits per heavy atom. The fourth-order valence-corrected chi connectivity index (χ4v) is 2.52. The second kappa shape index (κ2) is 5.48. The Hall–Kier alpha value is -0.120. The van der Waals surface area contributed by atoms with E-state index in [4.69, 9.17) is 9.47 Å². The van der Waals surface area contributed by atoms with E-state index >= 15 is 0 Å². The van der Waals surface area contributed by atoms with Crippen LogP contribution in [-0.4, -0.2) is 37.1 Å². The summed E-state index contributed by atoms with van der Waals surface area (Å²) in [4.78, 5) is 0. The molecular weight excluding hydrogens is 204 g/mol. The second-order valence-corrected chi connectivity index (χ2v) is 5.63. The van der Waals surface area contributed by atoms with Gasteiger partial charge in [-0.1, -0.05) is 13.8 Å². The fourth-order valence-electron chi connectivity index (χ4n) is 2.52. The predicted molar refractivity (Wildman–Crippen MR) is 64.5 cm³/mol. The van der Waals surface area contributed by atoms with Crippen LogP contribution in [-0.2, 0) is 9.47 Å². The van der Waals surface area contributed by atoms with Crippen LogP contribution >= 0.6 is 0 Å². The largest absolute Gasteiger partial charge is 0.388 e. The number of aliphatic hydroxyl groups is 1. The summed E-state index contributed by atoms with van der Waals surface area (Å²) in [5.74, 6) is 0. The molecule has 0 heterocycles. The molecule has 1 N–H and O–H groups in total. The van der Waals surface area contributed by atoms with Crippen LogP contribution in [0.3, 0.4) is 0 Å². The van der Waals surface area contributed by atoms with E-state index in [9.17, 15) is 5.11 Å². The van der Waals surface area contributed by atoms with Crippen molar-refractivity contribution in [1.29, 1.82) is 0 Å². The first-order valence-electron chi connectivity index (χ1n) is 6.27. The molecule has 0 bridgehead atoms. The molecule has 1 atom stereocenters. The summed E-state index contributed by atoms with van der Waals surface area (Å²) in [6.45, 7) is 7.57. The molecule has 3 nitrogen and oxygen atoms in total. The molecule has 3 heteroatoms. The normalized spacial score (nSPS) is 25.3. The highest BCUT2D eigenvalue weighted by Crippen LogP contribution is 2.43. The van der Waals surface area contributed by atoms with E-state index in [2.05, 4.69) is 13.8 Å². The quantitative estimate of drug-likeness (QED) is 0.788. The van der Waals surface area contributed by atoms with Gasteiger partial charge in [0.1, 0.15) is 6.10 Å². The average Bonchev–Trinajstić information content (AvgIpc) is 2.22. The molecule has 1 rings (SSSR count). The molecule has 0 radical (unpaired) electrons. The highest BCUT2D eigenvalue weighted by molar-refractivity contribution is 4.95. The van der Waals surface area contributed by atoms with Gasteiger partial charge in [-0.05, 0) is 38.0 Å². The van der Waals surface area contributed by atoms with E-state index in [1.807, 2.05) is 6.92 Å². The zero-order valence-corrected chi connectivity index (χ0v) is 11.1. The molecule has 1 unspecified atom stereocenters. The number of rotatable bonds is 5. The minimum atomic E-state index is -0.506. The molecule has 0 aromatic heterocycles. The van der Waals surface area contributed by atoms with Gasteiger partial charge in [-0.25, -0.2) is 0 Å². The van der Waals surface area contributed by atoms with Gasteiger partial charge in [0, 0.05) is 13.7 Å². The Morgan fingerprint density at radius 2 is 1.75 bits per heavy atom. The summed E-state index contributed by atoms with van der Waals surface area (Å²) in [5, 5.41) is 10.2. The maximum absolute atomic E-state index is 10.2. The van der Waals surface area contributed by atoms with E-state index in [1.54, 1.807) is 7.11 Å². The summed E-state index contributed by atoms with van der Waals surface area (Å²) in [6, 6.07) is 0. The van der Waals surface area contributed by atoms with Gasteiger partial charge in [0.05, 0.1) is 12.2 Å². The van der Waals surface area contributed by atoms with Crippen LogP contribution in [0.2, 0.25) is 0 Å². The van der Waals surface area contributed by atoms with E-state index in [1.165, 1.54) is 0 Å². The first-order valence-corrected chi connectivity index (χ1v) is 6.27. The lowest BCUT2D eigenvalue weighted by Gasteiger charge is -2.45. The predicted octanol–water partition coefficient (Wildman–Crippen LogP) is 2.37. The van der Waals surface area contributed by atoms with Gasteiger partial charge in [-0.3, -0.25) is 0 Å². The molecule has 96 valence electrons. The fraction of sp³-hybridized carbons (Fsp3) is 1.00. The lowest BCUT2D eigenvalue weighted by Crippen LogP contribution is -2.50. The van der Waals surface area contributed by atoms with Crippen molar-refractivity contribution in [3.05, 3.63) is 0 Å². The van der Waals surface area contributed by atoms with Crippen molar-refractivity contribution in [2.45, 2.75) is 58.2 Å².